The molecule has 6 atom stereocenters. The van der Waals surface area contributed by atoms with E-state index in [0.29, 0.717) is 18.4 Å². The fourth-order valence-corrected chi connectivity index (χ4v) is 6.97. The predicted molar refractivity (Wildman–Crippen MR) is 166 cm³/mol. The van der Waals surface area contributed by atoms with E-state index in [1.807, 2.05) is 31.4 Å². The van der Waals surface area contributed by atoms with Gasteiger partial charge in [0.05, 0.1) is 24.6 Å². The molecule has 222 valence electrons. The summed E-state index contributed by atoms with van der Waals surface area (Å²) in [6.07, 6.45) is 7.39. The van der Waals surface area contributed by atoms with E-state index in [4.69, 9.17) is 4.74 Å². The molecule has 42 heavy (non-hydrogen) atoms. The summed E-state index contributed by atoms with van der Waals surface area (Å²) in [7, 11) is 3.70. The van der Waals surface area contributed by atoms with Crippen molar-refractivity contribution in [2.24, 2.45) is 17.8 Å². The number of hydrogen-bond donors (Lipinski definition) is 3. The lowest BCUT2D eigenvalue weighted by Gasteiger charge is -2.21. The molecule has 3 N–H and O–H groups in total. The molecule has 2 aliphatic rings. The van der Waals surface area contributed by atoms with E-state index in [2.05, 4.69) is 67.2 Å². The van der Waals surface area contributed by atoms with Crippen LogP contribution in [0.25, 0.3) is 11.0 Å². The Morgan fingerprint density at radius 3 is 2.52 bits per heavy atom. The average Bonchev–Trinajstić information content (AvgIpc) is 3.56. The number of nitrogens with one attached hydrogen (secondary N) is 1. The second kappa shape index (κ2) is 12.8. The largest absolute Gasteiger partial charge is 0.497 e. The van der Waals surface area contributed by atoms with E-state index in [9.17, 15) is 10.2 Å². The van der Waals surface area contributed by atoms with Gasteiger partial charge in [0.2, 0.25) is 0 Å². The van der Waals surface area contributed by atoms with Crippen molar-refractivity contribution in [3.8, 4) is 5.75 Å². The van der Waals surface area contributed by atoms with Gasteiger partial charge < -0.3 is 29.7 Å². The molecular formula is C34H43N5O3. The monoisotopic (exact) mass is 569 g/mol. The normalized spacial score (nSPS) is 25.1. The topological polar surface area (TPSA) is 95.7 Å². The fraction of sp³-hybridized carbons (Fsp3) is 0.471. The molecule has 2 heterocycles. The number of hydrogen-bond acceptors (Lipinski definition) is 7. The molecule has 0 saturated heterocycles. The number of methoxy groups -OCH3 is 1. The summed E-state index contributed by atoms with van der Waals surface area (Å²) >= 11 is 0. The van der Waals surface area contributed by atoms with Crippen LogP contribution >= 0.6 is 0 Å². The van der Waals surface area contributed by atoms with E-state index in [1.165, 1.54) is 12.0 Å². The number of aromatic nitrogens is 3. The second-order valence-electron chi connectivity index (χ2n) is 12.1. The first-order valence-electron chi connectivity index (χ1n) is 15.3. The Balaban J connectivity index is 1.04. The predicted octanol–water partition coefficient (Wildman–Crippen LogP) is 4.61. The van der Waals surface area contributed by atoms with Crippen LogP contribution < -0.4 is 15.0 Å². The van der Waals surface area contributed by atoms with Crippen molar-refractivity contribution in [3.63, 3.8) is 0 Å². The summed E-state index contributed by atoms with van der Waals surface area (Å²) in [6.45, 7) is 2.72. The van der Waals surface area contributed by atoms with Crippen molar-refractivity contribution < 1.29 is 14.9 Å². The van der Waals surface area contributed by atoms with Crippen LogP contribution in [0.15, 0.2) is 73.2 Å². The van der Waals surface area contributed by atoms with E-state index >= 15 is 0 Å². The summed E-state index contributed by atoms with van der Waals surface area (Å²) in [5.74, 6) is 2.94. The molecule has 2 aromatic heterocycles. The number of anilines is 1. The summed E-state index contributed by atoms with van der Waals surface area (Å²) in [5.41, 5.74) is 3.32. The number of nitrogens with zero attached hydrogens (tertiary/aromatic N) is 4. The fourth-order valence-electron chi connectivity index (χ4n) is 6.97. The average molecular weight is 570 g/mol. The van der Waals surface area contributed by atoms with Gasteiger partial charge in [-0.25, -0.2) is 9.97 Å². The number of fused-ring (bicyclic) bond motifs is 1. The Labute approximate surface area is 248 Å². The van der Waals surface area contributed by atoms with Crippen LogP contribution in [0.3, 0.4) is 0 Å². The number of benzene rings is 2. The van der Waals surface area contributed by atoms with Gasteiger partial charge in [0, 0.05) is 19.8 Å². The van der Waals surface area contributed by atoms with Crippen LogP contribution in [0.5, 0.6) is 5.75 Å². The molecule has 0 radical (unpaired) electrons. The molecular weight excluding hydrogens is 526 g/mol. The van der Waals surface area contributed by atoms with Crippen LogP contribution in [0, 0.1) is 17.8 Å². The van der Waals surface area contributed by atoms with Crippen LogP contribution in [0.4, 0.5) is 5.82 Å². The molecule has 0 aliphatic heterocycles. The molecule has 2 saturated carbocycles. The van der Waals surface area contributed by atoms with Crippen molar-refractivity contribution in [1.29, 1.82) is 0 Å². The van der Waals surface area contributed by atoms with Gasteiger partial charge in [-0.05, 0) is 92.3 Å². The van der Waals surface area contributed by atoms with Gasteiger partial charge in [-0.3, -0.25) is 0 Å². The third-order valence-electron chi connectivity index (χ3n) is 9.37. The van der Waals surface area contributed by atoms with Gasteiger partial charge in [0.25, 0.3) is 0 Å². The first-order valence-corrected chi connectivity index (χ1v) is 15.3. The van der Waals surface area contributed by atoms with Crippen molar-refractivity contribution in [3.05, 3.63) is 84.3 Å². The van der Waals surface area contributed by atoms with Crippen molar-refractivity contribution in [1.82, 2.24) is 19.9 Å². The van der Waals surface area contributed by atoms with Gasteiger partial charge in [0.1, 0.15) is 29.6 Å². The van der Waals surface area contributed by atoms with Crippen molar-refractivity contribution in [2.45, 2.75) is 56.9 Å². The highest BCUT2D eigenvalue weighted by atomic mass is 16.5. The first kappa shape index (κ1) is 28.6. The molecule has 8 heteroatoms. The first-order chi connectivity index (χ1) is 20.5. The van der Waals surface area contributed by atoms with Gasteiger partial charge in [-0.2, -0.15) is 0 Å². The lowest BCUT2D eigenvalue weighted by molar-refractivity contribution is 0.00193. The van der Waals surface area contributed by atoms with Gasteiger partial charge in [-0.15, -0.1) is 0 Å². The lowest BCUT2D eigenvalue weighted by atomic mass is 9.96. The molecule has 4 aromatic rings. The zero-order valence-electron chi connectivity index (χ0n) is 24.6. The van der Waals surface area contributed by atoms with Crippen LogP contribution in [-0.2, 0) is 13.0 Å². The number of ether oxygens (including phenoxy) is 1. The van der Waals surface area contributed by atoms with Gasteiger partial charge in [0.15, 0.2) is 0 Å². The quantitative estimate of drug-likeness (QED) is 0.203. The maximum absolute atomic E-state index is 11.2. The smallest absolute Gasteiger partial charge is 0.145 e. The Kier molecular flexibility index (Phi) is 8.74. The van der Waals surface area contributed by atoms with E-state index in [-0.39, 0.29) is 12.0 Å². The van der Waals surface area contributed by atoms with E-state index < -0.39 is 12.2 Å². The summed E-state index contributed by atoms with van der Waals surface area (Å²) in [6, 6.07) is 20.5. The molecule has 0 unspecified atom stereocenters. The molecule has 0 amide bonds. The standard InChI is InChI=1S/C34H43N5O3/c1-38(21-24-10-12-26(42-2)13-11-24)33-27-15-18-39(34(27)37-22-36-33)30-20-29(31(40)32(30)41)28-19-25(28)9-6-16-35-17-14-23-7-4-3-5-8-23/h3-5,7-8,10-13,15,18,22,25,28-32,35,40-41H,6,9,14,16-17,19-21H2,1-2H3/t25-,28+,29+,30+,31+,32-/m0/s1. The van der Waals surface area contributed by atoms with Crippen molar-refractivity contribution >= 4 is 16.9 Å². The SMILES string of the molecule is COc1ccc(CN(C)c2ncnc3c2ccn3[C@@H]2C[C@H]([C@@H]3C[C@@H]3CCCNCCc3ccccc3)[C@@H](O)[C@H]2O)cc1. The zero-order chi connectivity index (χ0) is 29.1. The van der Waals surface area contributed by atoms with E-state index in [0.717, 1.165) is 66.9 Å². The maximum atomic E-state index is 11.2. The van der Waals surface area contributed by atoms with Crippen LogP contribution in [-0.4, -0.2) is 64.2 Å². The minimum absolute atomic E-state index is 0.123. The summed E-state index contributed by atoms with van der Waals surface area (Å²) in [5, 5.41) is 26.8. The summed E-state index contributed by atoms with van der Waals surface area (Å²) in [4.78, 5) is 11.3. The highest BCUT2D eigenvalue weighted by Crippen LogP contribution is 2.54. The molecule has 2 fully saturated rings. The van der Waals surface area contributed by atoms with Gasteiger partial charge in [-0.1, -0.05) is 42.5 Å². The minimum Gasteiger partial charge on any atom is -0.497 e. The third-order valence-corrected chi connectivity index (χ3v) is 9.37. The highest BCUT2D eigenvalue weighted by Gasteiger charge is 2.52. The molecule has 0 bridgehead atoms. The number of aliphatic hydroxyl groups excluding tert-OH is 2. The maximum Gasteiger partial charge on any atom is 0.145 e. The number of aliphatic hydroxyl groups is 2. The molecule has 2 aliphatic carbocycles. The number of rotatable bonds is 13. The van der Waals surface area contributed by atoms with E-state index in [1.54, 1.807) is 13.4 Å². The van der Waals surface area contributed by atoms with Gasteiger partial charge >= 0.3 is 0 Å². The zero-order valence-corrected chi connectivity index (χ0v) is 24.6. The van der Waals surface area contributed by atoms with Crippen LogP contribution in [0.2, 0.25) is 0 Å². The van der Waals surface area contributed by atoms with Crippen molar-refractivity contribution in [2.75, 3.05) is 32.1 Å². The molecule has 6 rings (SSSR count). The lowest BCUT2D eigenvalue weighted by Crippen LogP contribution is -2.30. The Morgan fingerprint density at radius 2 is 1.74 bits per heavy atom. The third kappa shape index (κ3) is 6.16. The second-order valence-corrected chi connectivity index (χ2v) is 12.1. The Morgan fingerprint density at radius 1 is 0.929 bits per heavy atom. The molecule has 8 nitrogen and oxygen atoms in total. The minimum atomic E-state index is -0.804. The molecule has 2 aromatic carbocycles. The highest BCUT2D eigenvalue weighted by molar-refractivity contribution is 5.87. The Bertz CT molecular complexity index is 1440. The summed E-state index contributed by atoms with van der Waals surface area (Å²) < 4.78 is 7.34. The molecule has 0 spiro atoms. The van der Waals surface area contributed by atoms with Crippen LogP contribution in [0.1, 0.15) is 42.9 Å². The Hall–Kier alpha value is -3.46.